The highest BCUT2D eigenvalue weighted by molar-refractivity contribution is 7.55. The molecular formula is C16H21O6P. The standard InChI is InChI=1S/C16H21O6P/c1-4-19-16(17)15(23(18,21-5-2)22-6-3)13-7-8-14-12(11-13)9-10-20-14/h7-11,15H,4-6H2,1-3H3. The summed E-state index contributed by atoms with van der Waals surface area (Å²) < 4.78 is 34.2. The zero-order chi connectivity index (χ0) is 16.9. The van der Waals surface area contributed by atoms with Gasteiger partial charge in [0.05, 0.1) is 26.1 Å². The van der Waals surface area contributed by atoms with Gasteiger partial charge in [0, 0.05) is 5.39 Å². The third-order valence-corrected chi connectivity index (χ3v) is 5.61. The first kappa shape index (κ1) is 17.7. The van der Waals surface area contributed by atoms with E-state index in [-0.39, 0.29) is 19.8 Å². The van der Waals surface area contributed by atoms with Crippen LogP contribution in [0.15, 0.2) is 34.9 Å². The van der Waals surface area contributed by atoms with E-state index in [0.717, 1.165) is 5.39 Å². The fraction of sp³-hybridized carbons (Fsp3) is 0.438. The summed E-state index contributed by atoms with van der Waals surface area (Å²) in [7, 11) is -3.70. The number of hydrogen-bond acceptors (Lipinski definition) is 6. The number of ether oxygens (including phenoxy) is 1. The van der Waals surface area contributed by atoms with Crippen LogP contribution in [-0.4, -0.2) is 25.8 Å². The van der Waals surface area contributed by atoms with Crippen molar-refractivity contribution in [3.8, 4) is 0 Å². The summed E-state index contributed by atoms with van der Waals surface area (Å²) in [6.45, 7) is 5.62. The molecule has 1 aromatic carbocycles. The van der Waals surface area contributed by atoms with E-state index in [2.05, 4.69) is 0 Å². The van der Waals surface area contributed by atoms with Crippen LogP contribution >= 0.6 is 7.60 Å². The molecule has 0 amide bonds. The Hall–Kier alpha value is -1.62. The van der Waals surface area contributed by atoms with Crippen molar-refractivity contribution in [1.82, 2.24) is 0 Å². The van der Waals surface area contributed by atoms with E-state index < -0.39 is 19.2 Å². The fourth-order valence-corrected chi connectivity index (χ4v) is 4.32. The Morgan fingerprint density at radius 3 is 2.43 bits per heavy atom. The van der Waals surface area contributed by atoms with Crippen LogP contribution in [0.4, 0.5) is 0 Å². The summed E-state index contributed by atoms with van der Waals surface area (Å²) in [5.74, 6) is -0.624. The van der Waals surface area contributed by atoms with Gasteiger partial charge in [-0.3, -0.25) is 9.36 Å². The number of carbonyl (C=O) groups is 1. The Morgan fingerprint density at radius 1 is 1.13 bits per heavy atom. The molecule has 1 aromatic heterocycles. The predicted molar refractivity (Wildman–Crippen MR) is 86.4 cm³/mol. The van der Waals surface area contributed by atoms with Crippen LogP contribution in [0.3, 0.4) is 0 Å². The second kappa shape index (κ2) is 7.77. The molecule has 0 fully saturated rings. The highest BCUT2D eigenvalue weighted by Gasteiger charge is 2.43. The van der Waals surface area contributed by atoms with Crippen molar-refractivity contribution in [1.29, 1.82) is 0 Å². The van der Waals surface area contributed by atoms with Gasteiger partial charge in [-0.1, -0.05) is 6.07 Å². The minimum absolute atomic E-state index is 0.168. The van der Waals surface area contributed by atoms with E-state index >= 15 is 0 Å². The van der Waals surface area contributed by atoms with E-state index in [0.29, 0.717) is 11.1 Å². The van der Waals surface area contributed by atoms with Crippen LogP contribution in [-0.2, 0) is 23.1 Å². The first-order chi connectivity index (χ1) is 11.1. The average Bonchev–Trinajstić information content (AvgIpc) is 2.95. The van der Waals surface area contributed by atoms with Crippen LogP contribution in [0, 0.1) is 0 Å². The number of hydrogen-bond donors (Lipinski definition) is 0. The second-order valence-electron chi connectivity index (χ2n) is 4.75. The molecule has 126 valence electrons. The molecule has 23 heavy (non-hydrogen) atoms. The van der Waals surface area contributed by atoms with Gasteiger partial charge in [0.1, 0.15) is 5.58 Å². The zero-order valence-electron chi connectivity index (χ0n) is 13.5. The lowest BCUT2D eigenvalue weighted by Gasteiger charge is -2.25. The topological polar surface area (TPSA) is 75.0 Å². The molecule has 0 aliphatic rings. The highest BCUT2D eigenvalue weighted by Crippen LogP contribution is 2.61. The van der Waals surface area contributed by atoms with Gasteiger partial charge in [0.15, 0.2) is 5.66 Å². The molecule has 0 saturated carbocycles. The SMILES string of the molecule is CCOC(=O)C(c1ccc2occc2c1)P(=O)(OCC)OCC. The molecule has 2 rings (SSSR count). The summed E-state index contributed by atoms with van der Waals surface area (Å²) in [5, 5.41) is 0.802. The number of rotatable bonds is 8. The fourth-order valence-electron chi connectivity index (χ4n) is 2.37. The largest absolute Gasteiger partial charge is 0.465 e. The van der Waals surface area contributed by atoms with Gasteiger partial charge < -0.3 is 18.2 Å². The maximum Gasteiger partial charge on any atom is 0.349 e. The summed E-state index contributed by atoms with van der Waals surface area (Å²) in [6.07, 6.45) is 1.55. The molecule has 1 heterocycles. The van der Waals surface area contributed by atoms with Gasteiger partial charge in [0.25, 0.3) is 0 Å². The Kier molecular flexibility index (Phi) is 5.99. The lowest BCUT2D eigenvalue weighted by Crippen LogP contribution is -2.19. The van der Waals surface area contributed by atoms with E-state index in [1.54, 1.807) is 51.3 Å². The van der Waals surface area contributed by atoms with Gasteiger partial charge in [-0.15, -0.1) is 0 Å². The van der Waals surface area contributed by atoms with E-state index in [1.807, 2.05) is 0 Å². The number of esters is 1. The van der Waals surface area contributed by atoms with Crippen molar-refractivity contribution in [3.63, 3.8) is 0 Å². The predicted octanol–water partition coefficient (Wildman–Crippen LogP) is 4.30. The molecule has 0 aliphatic heterocycles. The summed E-state index contributed by atoms with van der Waals surface area (Å²) in [4.78, 5) is 12.4. The van der Waals surface area contributed by atoms with Crippen molar-refractivity contribution in [2.45, 2.75) is 26.4 Å². The summed E-state index contributed by atoms with van der Waals surface area (Å²) in [5.41, 5.74) is 0.0724. The van der Waals surface area contributed by atoms with Crippen molar-refractivity contribution in [2.24, 2.45) is 0 Å². The summed E-state index contributed by atoms with van der Waals surface area (Å²) >= 11 is 0. The first-order valence-electron chi connectivity index (χ1n) is 7.58. The van der Waals surface area contributed by atoms with Crippen LogP contribution in [0.5, 0.6) is 0 Å². The Balaban J connectivity index is 2.51. The van der Waals surface area contributed by atoms with E-state index in [4.69, 9.17) is 18.2 Å². The lowest BCUT2D eigenvalue weighted by atomic mass is 10.1. The van der Waals surface area contributed by atoms with Crippen LogP contribution in [0.1, 0.15) is 32.0 Å². The van der Waals surface area contributed by atoms with Crippen LogP contribution < -0.4 is 0 Å². The van der Waals surface area contributed by atoms with Crippen molar-refractivity contribution < 1.29 is 27.6 Å². The molecule has 1 unspecified atom stereocenters. The lowest BCUT2D eigenvalue weighted by molar-refractivity contribution is -0.143. The summed E-state index contributed by atoms with van der Waals surface area (Å²) in [6, 6.07) is 6.91. The van der Waals surface area contributed by atoms with Crippen LogP contribution in [0.2, 0.25) is 0 Å². The number of benzene rings is 1. The van der Waals surface area contributed by atoms with E-state index in [9.17, 15) is 9.36 Å². The van der Waals surface area contributed by atoms with Crippen molar-refractivity contribution in [2.75, 3.05) is 19.8 Å². The van der Waals surface area contributed by atoms with Gasteiger partial charge in [-0.2, -0.15) is 0 Å². The Morgan fingerprint density at radius 2 is 1.83 bits per heavy atom. The Bertz CT molecular complexity index is 697. The van der Waals surface area contributed by atoms with Gasteiger partial charge in [-0.05, 0) is 44.5 Å². The number of fused-ring (bicyclic) bond motifs is 1. The Labute approximate surface area is 135 Å². The quantitative estimate of drug-likeness (QED) is 0.527. The molecule has 0 aliphatic carbocycles. The van der Waals surface area contributed by atoms with Crippen molar-refractivity contribution >= 4 is 24.5 Å². The third-order valence-electron chi connectivity index (χ3n) is 3.24. The minimum Gasteiger partial charge on any atom is -0.465 e. The van der Waals surface area contributed by atoms with Gasteiger partial charge in [0.2, 0.25) is 0 Å². The van der Waals surface area contributed by atoms with Crippen LogP contribution in [0.25, 0.3) is 11.0 Å². The third kappa shape index (κ3) is 3.83. The second-order valence-corrected chi connectivity index (χ2v) is 6.86. The zero-order valence-corrected chi connectivity index (χ0v) is 14.4. The smallest absolute Gasteiger partial charge is 0.349 e. The molecule has 7 heteroatoms. The highest BCUT2D eigenvalue weighted by atomic mass is 31.2. The van der Waals surface area contributed by atoms with Crippen molar-refractivity contribution in [3.05, 3.63) is 36.1 Å². The maximum absolute atomic E-state index is 13.1. The molecule has 0 saturated heterocycles. The molecule has 1 atom stereocenters. The average molecular weight is 340 g/mol. The van der Waals surface area contributed by atoms with Gasteiger partial charge in [-0.25, -0.2) is 0 Å². The first-order valence-corrected chi connectivity index (χ1v) is 9.19. The van der Waals surface area contributed by atoms with Gasteiger partial charge >= 0.3 is 13.6 Å². The maximum atomic E-state index is 13.1. The molecule has 0 spiro atoms. The number of carbonyl (C=O) groups excluding carboxylic acids is 1. The normalized spacial score (nSPS) is 13.2. The molecule has 2 aromatic rings. The molecule has 0 bridgehead atoms. The molecule has 6 nitrogen and oxygen atoms in total. The minimum atomic E-state index is -3.70. The molecular weight excluding hydrogens is 319 g/mol. The molecule has 0 N–H and O–H groups in total. The number of furan rings is 1. The monoisotopic (exact) mass is 340 g/mol. The molecule has 0 radical (unpaired) electrons. The van der Waals surface area contributed by atoms with E-state index in [1.165, 1.54) is 0 Å².